The summed E-state index contributed by atoms with van der Waals surface area (Å²) >= 11 is 0. The predicted molar refractivity (Wildman–Crippen MR) is 76.5 cm³/mol. The first-order chi connectivity index (χ1) is 9.48. The fraction of sp³-hybridized carbons (Fsp3) is 0.867. The van der Waals surface area contributed by atoms with Crippen LogP contribution in [0.2, 0.25) is 0 Å². The lowest BCUT2D eigenvalue weighted by Gasteiger charge is -2.33. The van der Waals surface area contributed by atoms with Gasteiger partial charge in [-0.1, -0.05) is 26.2 Å². The fourth-order valence-corrected chi connectivity index (χ4v) is 3.45. The van der Waals surface area contributed by atoms with Gasteiger partial charge in [-0.05, 0) is 37.5 Å². The van der Waals surface area contributed by atoms with Crippen molar-refractivity contribution in [3.05, 3.63) is 0 Å². The molecule has 2 aliphatic rings. The molecule has 0 aromatic carbocycles. The van der Waals surface area contributed by atoms with E-state index < -0.39 is 5.97 Å². The summed E-state index contributed by atoms with van der Waals surface area (Å²) in [6.07, 6.45) is 8.15. The Hall–Kier alpha value is -1.26. The molecule has 2 rings (SSSR count). The second-order valence-electron chi connectivity index (χ2n) is 6.74. The van der Waals surface area contributed by atoms with Crippen molar-refractivity contribution >= 4 is 12.0 Å². The number of hydrogen-bond donors (Lipinski definition) is 3. The summed E-state index contributed by atoms with van der Waals surface area (Å²) < 4.78 is 0. The Morgan fingerprint density at radius 3 is 2.50 bits per heavy atom. The summed E-state index contributed by atoms with van der Waals surface area (Å²) in [6, 6.07) is -0.136. The SMILES string of the molecule is CC1(CNC(=O)N[C@H]2CC[C@@H](C(=O)O)C2)CCCCC1. The molecule has 0 bridgehead atoms. The van der Waals surface area contributed by atoms with Crippen molar-refractivity contribution in [2.75, 3.05) is 6.54 Å². The lowest BCUT2D eigenvalue weighted by molar-refractivity contribution is -0.141. The highest BCUT2D eigenvalue weighted by Crippen LogP contribution is 2.34. The minimum atomic E-state index is -0.746. The highest BCUT2D eigenvalue weighted by atomic mass is 16.4. The van der Waals surface area contributed by atoms with Crippen molar-refractivity contribution in [3.8, 4) is 0 Å². The van der Waals surface area contributed by atoms with Gasteiger partial charge in [0.1, 0.15) is 0 Å². The van der Waals surface area contributed by atoms with E-state index in [4.69, 9.17) is 5.11 Å². The molecule has 114 valence electrons. The highest BCUT2D eigenvalue weighted by Gasteiger charge is 2.31. The van der Waals surface area contributed by atoms with Crippen LogP contribution in [-0.2, 0) is 4.79 Å². The first-order valence-corrected chi connectivity index (χ1v) is 7.76. The first-order valence-electron chi connectivity index (χ1n) is 7.76. The van der Waals surface area contributed by atoms with Crippen molar-refractivity contribution in [1.29, 1.82) is 0 Å². The average Bonchev–Trinajstić information content (AvgIpc) is 2.86. The molecule has 0 spiro atoms. The van der Waals surface area contributed by atoms with Crippen LogP contribution in [0.3, 0.4) is 0 Å². The normalized spacial score (nSPS) is 28.9. The Bertz CT molecular complexity index is 364. The molecule has 0 aliphatic heterocycles. The number of amides is 2. The van der Waals surface area contributed by atoms with Gasteiger partial charge in [-0.25, -0.2) is 4.79 Å². The molecule has 2 atom stereocenters. The maximum Gasteiger partial charge on any atom is 0.315 e. The molecule has 5 heteroatoms. The van der Waals surface area contributed by atoms with Gasteiger partial charge in [-0.15, -0.1) is 0 Å². The van der Waals surface area contributed by atoms with Crippen molar-refractivity contribution in [2.45, 2.75) is 64.3 Å². The molecule has 0 unspecified atom stereocenters. The molecule has 2 aliphatic carbocycles. The first kappa shape index (κ1) is 15.1. The Kier molecular flexibility index (Phi) is 4.89. The molecule has 3 N–H and O–H groups in total. The monoisotopic (exact) mass is 282 g/mol. The molecule has 0 saturated heterocycles. The Morgan fingerprint density at radius 1 is 1.20 bits per heavy atom. The second-order valence-corrected chi connectivity index (χ2v) is 6.74. The molecule has 0 aromatic heterocycles. The predicted octanol–water partition coefficient (Wildman–Crippen LogP) is 2.51. The van der Waals surface area contributed by atoms with Crippen LogP contribution >= 0.6 is 0 Å². The smallest absolute Gasteiger partial charge is 0.315 e. The lowest BCUT2D eigenvalue weighted by atomic mass is 9.76. The van der Waals surface area contributed by atoms with Crippen LogP contribution < -0.4 is 10.6 Å². The Morgan fingerprint density at radius 2 is 1.90 bits per heavy atom. The fourth-order valence-electron chi connectivity index (χ4n) is 3.45. The molecule has 2 amide bonds. The van der Waals surface area contributed by atoms with E-state index in [1.165, 1.54) is 32.1 Å². The summed E-state index contributed by atoms with van der Waals surface area (Å²) in [7, 11) is 0. The van der Waals surface area contributed by atoms with E-state index in [2.05, 4.69) is 17.6 Å². The number of nitrogens with one attached hydrogen (secondary N) is 2. The van der Waals surface area contributed by atoms with E-state index in [-0.39, 0.29) is 23.4 Å². The van der Waals surface area contributed by atoms with Crippen LogP contribution in [0.15, 0.2) is 0 Å². The quantitative estimate of drug-likeness (QED) is 0.741. The Labute approximate surface area is 120 Å². The highest BCUT2D eigenvalue weighted by molar-refractivity contribution is 5.75. The third-order valence-electron chi connectivity index (χ3n) is 4.85. The molecular formula is C15H26N2O3. The van der Waals surface area contributed by atoms with Crippen molar-refractivity contribution < 1.29 is 14.7 Å². The van der Waals surface area contributed by atoms with Gasteiger partial charge in [0.25, 0.3) is 0 Å². The van der Waals surface area contributed by atoms with E-state index >= 15 is 0 Å². The third-order valence-corrected chi connectivity index (χ3v) is 4.85. The number of carboxylic acids is 1. The summed E-state index contributed by atoms with van der Waals surface area (Å²) in [5.74, 6) is -1.04. The van der Waals surface area contributed by atoms with Crippen LogP contribution in [-0.4, -0.2) is 29.7 Å². The van der Waals surface area contributed by atoms with Crippen LogP contribution in [0.25, 0.3) is 0 Å². The zero-order chi connectivity index (χ0) is 14.6. The maximum atomic E-state index is 11.9. The number of carbonyl (C=O) groups is 2. The summed E-state index contributed by atoms with van der Waals surface area (Å²) in [5, 5.41) is 14.8. The number of aliphatic carboxylic acids is 1. The van der Waals surface area contributed by atoms with Gasteiger partial charge in [-0.2, -0.15) is 0 Å². The minimum Gasteiger partial charge on any atom is -0.481 e. The largest absolute Gasteiger partial charge is 0.481 e. The van der Waals surface area contributed by atoms with Crippen LogP contribution in [0.1, 0.15) is 58.3 Å². The van der Waals surface area contributed by atoms with E-state index in [0.717, 1.165) is 6.42 Å². The molecule has 2 saturated carbocycles. The third kappa shape index (κ3) is 4.12. The number of carboxylic acid groups (broad SMARTS) is 1. The summed E-state index contributed by atoms with van der Waals surface area (Å²) in [6.45, 7) is 2.95. The standard InChI is InChI=1S/C15H26N2O3/c1-15(7-3-2-4-8-15)10-16-14(20)17-12-6-5-11(9-12)13(18)19/h11-12H,2-10H2,1H3,(H,18,19)(H2,16,17,20)/t11-,12+/m1/s1. The van der Waals surface area contributed by atoms with E-state index in [1.807, 2.05) is 0 Å². The van der Waals surface area contributed by atoms with Crippen molar-refractivity contribution in [1.82, 2.24) is 10.6 Å². The Balaban J connectivity index is 1.69. The maximum absolute atomic E-state index is 11.9. The van der Waals surface area contributed by atoms with Crippen molar-refractivity contribution in [3.63, 3.8) is 0 Å². The van der Waals surface area contributed by atoms with Gasteiger partial charge in [-0.3, -0.25) is 4.79 Å². The van der Waals surface area contributed by atoms with Gasteiger partial charge in [0.15, 0.2) is 0 Å². The van der Waals surface area contributed by atoms with Crippen LogP contribution in [0.5, 0.6) is 0 Å². The van der Waals surface area contributed by atoms with Crippen LogP contribution in [0.4, 0.5) is 4.79 Å². The number of urea groups is 1. The second kappa shape index (κ2) is 6.46. The molecule has 0 aromatic rings. The van der Waals surface area contributed by atoms with Gasteiger partial charge in [0, 0.05) is 12.6 Å². The summed E-state index contributed by atoms with van der Waals surface area (Å²) in [5.41, 5.74) is 0.231. The molecule has 0 heterocycles. The van der Waals surface area contributed by atoms with Gasteiger partial charge in [0.2, 0.25) is 0 Å². The zero-order valence-corrected chi connectivity index (χ0v) is 12.3. The van der Waals surface area contributed by atoms with Gasteiger partial charge < -0.3 is 15.7 Å². The molecular weight excluding hydrogens is 256 g/mol. The zero-order valence-electron chi connectivity index (χ0n) is 12.3. The van der Waals surface area contributed by atoms with E-state index in [9.17, 15) is 9.59 Å². The lowest BCUT2D eigenvalue weighted by Crippen LogP contribution is -2.45. The van der Waals surface area contributed by atoms with E-state index in [1.54, 1.807) is 0 Å². The van der Waals surface area contributed by atoms with Crippen molar-refractivity contribution in [2.24, 2.45) is 11.3 Å². The molecule has 0 radical (unpaired) electrons. The summed E-state index contributed by atoms with van der Waals surface area (Å²) in [4.78, 5) is 22.8. The number of carbonyl (C=O) groups excluding carboxylic acids is 1. The molecule has 5 nitrogen and oxygen atoms in total. The molecule has 20 heavy (non-hydrogen) atoms. The topological polar surface area (TPSA) is 78.4 Å². The van der Waals surface area contributed by atoms with Gasteiger partial charge >= 0.3 is 12.0 Å². The van der Waals surface area contributed by atoms with Crippen LogP contribution in [0, 0.1) is 11.3 Å². The average molecular weight is 282 g/mol. The number of rotatable bonds is 4. The number of hydrogen-bond acceptors (Lipinski definition) is 2. The minimum absolute atomic E-state index is 0.00950. The van der Waals surface area contributed by atoms with Gasteiger partial charge in [0.05, 0.1) is 5.92 Å². The van der Waals surface area contributed by atoms with E-state index in [0.29, 0.717) is 19.4 Å². The molecule has 2 fully saturated rings.